The van der Waals surface area contributed by atoms with Crippen LogP contribution in [0, 0.1) is 12.8 Å². The molecule has 0 aliphatic heterocycles. The summed E-state index contributed by atoms with van der Waals surface area (Å²) in [6.07, 6.45) is 3.08. The van der Waals surface area contributed by atoms with E-state index in [4.69, 9.17) is 0 Å². The van der Waals surface area contributed by atoms with Gasteiger partial charge in [0.05, 0.1) is 17.8 Å². The number of rotatable bonds is 5. The molecular formula is C16H21N3O. The van der Waals surface area contributed by atoms with Crippen molar-refractivity contribution in [3.05, 3.63) is 30.0 Å². The van der Waals surface area contributed by atoms with E-state index in [1.54, 1.807) is 0 Å². The van der Waals surface area contributed by atoms with E-state index in [1.807, 2.05) is 35.7 Å². The Morgan fingerprint density at radius 1 is 1.40 bits per heavy atom. The molecule has 0 atom stereocenters. The average Bonchev–Trinajstić information content (AvgIpc) is 3.21. The summed E-state index contributed by atoms with van der Waals surface area (Å²) in [6, 6.07) is 8.18. The van der Waals surface area contributed by atoms with E-state index in [-0.39, 0.29) is 5.91 Å². The summed E-state index contributed by atoms with van der Waals surface area (Å²) in [5, 5.41) is 5.71. The number of hydrogen-bond acceptors (Lipinski definition) is 2. The van der Waals surface area contributed by atoms with E-state index in [0.717, 1.165) is 23.7 Å². The minimum absolute atomic E-state index is 0.217. The van der Waals surface area contributed by atoms with E-state index in [9.17, 15) is 4.79 Å². The molecule has 3 rings (SSSR count). The topological polar surface area (TPSA) is 38.1 Å². The van der Waals surface area contributed by atoms with E-state index in [2.05, 4.69) is 17.2 Å². The normalized spacial score (nSPS) is 14.7. The van der Waals surface area contributed by atoms with E-state index in [1.165, 1.54) is 18.2 Å². The predicted molar refractivity (Wildman–Crippen MR) is 79.4 cm³/mol. The maximum atomic E-state index is 12.1. The Balaban J connectivity index is 1.65. The molecule has 0 radical (unpaired) electrons. The molecule has 4 heteroatoms. The van der Waals surface area contributed by atoms with Gasteiger partial charge in [-0.3, -0.25) is 9.48 Å². The second-order valence-electron chi connectivity index (χ2n) is 5.79. The SMILES string of the molecule is Cc1nn(CCC(=O)N(C)CC2CC2)c2ccccc12. The Hall–Kier alpha value is -1.84. The quantitative estimate of drug-likeness (QED) is 0.838. The molecule has 1 aliphatic carbocycles. The first-order valence-electron chi connectivity index (χ1n) is 7.31. The molecule has 2 aromatic rings. The summed E-state index contributed by atoms with van der Waals surface area (Å²) in [6.45, 7) is 3.58. The molecule has 1 saturated carbocycles. The number of fused-ring (bicyclic) bond motifs is 1. The Kier molecular flexibility index (Phi) is 3.47. The molecule has 0 saturated heterocycles. The molecule has 4 nitrogen and oxygen atoms in total. The van der Waals surface area contributed by atoms with Gasteiger partial charge in [-0.1, -0.05) is 18.2 Å². The van der Waals surface area contributed by atoms with Gasteiger partial charge in [0.1, 0.15) is 0 Å². The van der Waals surface area contributed by atoms with Gasteiger partial charge < -0.3 is 4.90 Å². The van der Waals surface area contributed by atoms with Crippen LogP contribution in [0.2, 0.25) is 0 Å². The summed E-state index contributed by atoms with van der Waals surface area (Å²) < 4.78 is 1.95. The van der Waals surface area contributed by atoms with Gasteiger partial charge in [0, 0.05) is 25.4 Å². The van der Waals surface area contributed by atoms with Gasteiger partial charge in [-0.15, -0.1) is 0 Å². The molecule has 1 fully saturated rings. The number of carbonyl (C=O) groups excluding carboxylic acids is 1. The fraction of sp³-hybridized carbons (Fsp3) is 0.500. The lowest BCUT2D eigenvalue weighted by Gasteiger charge is -2.16. The molecule has 1 aromatic heterocycles. The van der Waals surface area contributed by atoms with Crippen LogP contribution in [-0.2, 0) is 11.3 Å². The number of aryl methyl sites for hydroxylation is 2. The Bertz CT molecular complexity index is 628. The first-order chi connectivity index (χ1) is 9.65. The number of nitrogens with zero attached hydrogens (tertiary/aromatic N) is 3. The molecule has 20 heavy (non-hydrogen) atoms. The fourth-order valence-corrected chi connectivity index (χ4v) is 2.65. The third kappa shape index (κ3) is 2.69. The molecular weight excluding hydrogens is 250 g/mol. The third-order valence-electron chi connectivity index (χ3n) is 4.03. The van der Waals surface area contributed by atoms with Crippen molar-refractivity contribution in [2.24, 2.45) is 5.92 Å². The van der Waals surface area contributed by atoms with Crippen molar-refractivity contribution < 1.29 is 4.79 Å². The maximum absolute atomic E-state index is 12.1. The molecule has 0 unspecified atom stereocenters. The Morgan fingerprint density at radius 3 is 2.90 bits per heavy atom. The third-order valence-corrected chi connectivity index (χ3v) is 4.03. The summed E-state index contributed by atoms with van der Waals surface area (Å²) in [5.74, 6) is 0.964. The highest BCUT2D eigenvalue weighted by Gasteiger charge is 2.24. The van der Waals surface area contributed by atoms with Gasteiger partial charge in [-0.25, -0.2) is 0 Å². The van der Waals surface area contributed by atoms with Crippen molar-refractivity contribution >= 4 is 16.8 Å². The van der Waals surface area contributed by atoms with Crippen LogP contribution in [-0.4, -0.2) is 34.2 Å². The summed E-state index contributed by atoms with van der Waals surface area (Å²) in [7, 11) is 1.91. The van der Waals surface area contributed by atoms with Crippen LogP contribution in [0.4, 0.5) is 0 Å². The monoisotopic (exact) mass is 271 g/mol. The number of amides is 1. The van der Waals surface area contributed by atoms with Crippen LogP contribution in [0.1, 0.15) is 25.0 Å². The average molecular weight is 271 g/mol. The van der Waals surface area contributed by atoms with Crippen molar-refractivity contribution in [3.8, 4) is 0 Å². The minimum Gasteiger partial charge on any atom is -0.345 e. The molecule has 0 bridgehead atoms. The molecule has 106 valence electrons. The van der Waals surface area contributed by atoms with Crippen LogP contribution in [0.25, 0.3) is 10.9 Å². The smallest absolute Gasteiger partial charge is 0.224 e. The van der Waals surface area contributed by atoms with Crippen LogP contribution in [0.15, 0.2) is 24.3 Å². The molecule has 1 heterocycles. The highest BCUT2D eigenvalue weighted by molar-refractivity contribution is 5.82. The van der Waals surface area contributed by atoms with Crippen molar-refractivity contribution in [2.45, 2.75) is 32.7 Å². The van der Waals surface area contributed by atoms with Crippen LogP contribution in [0.3, 0.4) is 0 Å². The fourth-order valence-electron chi connectivity index (χ4n) is 2.65. The van der Waals surface area contributed by atoms with Crippen molar-refractivity contribution in [1.29, 1.82) is 0 Å². The molecule has 0 N–H and O–H groups in total. The predicted octanol–water partition coefficient (Wildman–Crippen LogP) is 2.60. The number of hydrogen-bond donors (Lipinski definition) is 0. The van der Waals surface area contributed by atoms with E-state index in [0.29, 0.717) is 13.0 Å². The van der Waals surface area contributed by atoms with Crippen molar-refractivity contribution in [3.63, 3.8) is 0 Å². The second kappa shape index (κ2) is 5.27. The number of para-hydroxylation sites is 1. The van der Waals surface area contributed by atoms with E-state index < -0.39 is 0 Å². The lowest BCUT2D eigenvalue weighted by molar-refractivity contribution is -0.130. The zero-order valence-corrected chi connectivity index (χ0v) is 12.2. The van der Waals surface area contributed by atoms with Crippen LogP contribution >= 0.6 is 0 Å². The van der Waals surface area contributed by atoms with Crippen LogP contribution in [0.5, 0.6) is 0 Å². The van der Waals surface area contributed by atoms with Gasteiger partial charge >= 0.3 is 0 Å². The second-order valence-corrected chi connectivity index (χ2v) is 5.79. The first kappa shape index (κ1) is 13.2. The van der Waals surface area contributed by atoms with Crippen LogP contribution < -0.4 is 0 Å². The lowest BCUT2D eigenvalue weighted by Crippen LogP contribution is -2.29. The number of aromatic nitrogens is 2. The van der Waals surface area contributed by atoms with Crippen molar-refractivity contribution in [2.75, 3.05) is 13.6 Å². The summed E-state index contributed by atoms with van der Waals surface area (Å²) >= 11 is 0. The van der Waals surface area contributed by atoms with Gasteiger partial charge in [-0.05, 0) is 31.7 Å². The lowest BCUT2D eigenvalue weighted by atomic mass is 10.2. The van der Waals surface area contributed by atoms with Gasteiger partial charge in [0.25, 0.3) is 0 Å². The summed E-state index contributed by atoms with van der Waals surface area (Å²) in [5.41, 5.74) is 2.14. The van der Waals surface area contributed by atoms with Gasteiger partial charge in [-0.2, -0.15) is 5.10 Å². The molecule has 1 aliphatic rings. The highest BCUT2D eigenvalue weighted by atomic mass is 16.2. The summed E-state index contributed by atoms with van der Waals surface area (Å²) in [4.78, 5) is 14.0. The Morgan fingerprint density at radius 2 is 2.15 bits per heavy atom. The van der Waals surface area contributed by atoms with Crippen molar-refractivity contribution in [1.82, 2.24) is 14.7 Å². The molecule has 1 amide bonds. The zero-order chi connectivity index (χ0) is 14.1. The standard InChI is InChI=1S/C16H21N3O/c1-12-14-5-3-4-6-15(14)19(17-12)10-9-16(20)18(2)11-13-7-8-13/h3-6,13H,7-11H2,1-2H3. The van der Waals surface area contributed by atoms with Gasteiger partial charge in [0.2, 0.25) is 5.91 Å². The largest absolute Gasteiger partial charge is 0.345 e. The Labute approximate surface area is 119 Å². The van der Waals surface area contributed by atoms with Gasteiger partial charge in [0.15, 0.2) is 0 Å². The number of carbonyl (C=O) groups is 1. The maximum Gasteiger partial charge on any atom is 0.224 e. The number of benzene rings is 1. The minimum atomic E-state index is 0.217. The highest BCUT2D eigenvalue weighted by Crippen LogP contribution is 2.29. The molecule has 1 aromatic carbocycles. The first-order valence-corrected chi connectivity index (χ1v) is 7.31. The zero-order valence-electron chi connectivity index (χ0n) is 12.2. The van der Waals surface area contributed by atoms with E-state index >= 15 is 0 Å². The molecule has 0 spiro atoms.